The Balaban J connectivity index is 1.72. The lowest BCUT2D eigenvalue weighted by Gasteiger charge is -2.26. The van der Waals surface area contributed by atoms with Crippen molar-refractivity contribution in [2.75, 3.05) is 35.2 Å². The van der Waals surface area contributed by atoms with Crippen molar-refractivity contribution in [1.82, 2.24) is 9.97 Å². The summed E-state index contributed by atoms with van der Waals surface area (Å²) in [6.45, 7) is 4.14. The van der Waals surface area contributed by atoms with Crippen LogP contribution in [-0.4, -0.2) is 44.9 Å². The standard InChI is InChI=1S/C19H23N5O3S/c1-11-17(12(2)21-19(20-11)23(3)4)22-28(26,27)15-9-13-5-6-16(25)24-8-7-14(10-15)18(13)24/h9-10,22H,5-8H2,1-4H3. The summed E-state index contributed by atoms with van der Waals surface area (Å²) < 4.78 is 28.9. The van der Waals surface area contributed by atoms with Crippen LogP contribution in [0.25, 0.3) is 0 Å². The fourth-order valence-corrected chi connectivity index (χ4v) is 5.10. The van der Waals surface area contributed by atoms with Gasteiger partial charge in [-0.15, -0.1) is 0 Å². The van der Waals surface area contributed by atoms with E-state index in [1.165, 1.54) is 0 Å². The Labute approximate surface area is 164 Å². The maximum atomic E-state index is 13.1. The Morgan fingerprint density at radius 2 is 1.64 bits per heavy atom. The zero-order valence-corrected chi connectivity index (χ0v) is 17.2. The molecule has 0 saturated carbocycles. The number of nitrogens with one attached hydrogen (secondary N) is 1. The van der Waals surface area contributed by atoms with Crippen molar-refractivity contribution in [2.45, 2.75) is 38.0 Å². The molecule has 3 heterocycles. The first-order valence-corrected chi connectivity index (χ1v) is 10.7. The molecule has 0 aliphatic carbocycles. The summed E-state index contributed by atoms with van der Waals surface area (Å²) >= 11 is 0. The van der Waals surface area contributed by atoms with E-state index < -0.39 is 10.0 Å². The number of aromatic nitrogens is 2. The fourth-order valence-electron chi connectivity index (χ4n) is 3.82. The van der Waals surface area contributed by atoms with E-state index in [2.05, 4.69) is 14.7 Å². The SMILES string of the molecule is Cc1nc(N(C)C)nc(C)c1NS(=O)(=O)c1cc2c3c(c1)CCN3C(=O)CC2. The second kappa shape index (κ2) is 6.44. The highest BCUT2D eigenvalue weighted by Gasteiger charge is 2.33. The van der Waals surface area contributed by atoms with Crippen LogP contribution >= 0.6 is 0 Å². The normalized spacial score (nSPS) is 15.6. The number of nitrogens with zero attached hydrogens (tertiary/aromatic N) is 4. The molecule has 0 radical (unpaired) electrons. The summed E-state index contributed by atoms with van der Waals surface area (Å²) in [6.07, 6.45) is 1.66. The number of hydrogen-bond acceptors (Lipinski definition) is 6. The summed E-state index contributed by atoms with van der Waals surface area (Å²) in [6, 6.07) is 3.37. The van der Waals surface area contributed by atoms with Gasteiger partial charge in [0.2, 0.25) is 11.9 Å². The van der Waals surface area contributed by atoms with Gasteiger partial charge in [-0.3, -0.25) is 9.52 Å². The molecule has 1 aromatic heterocycles. The van der Waals surface area contributed by atoms with E-state index in [4.69, 9.17) is 0 Å². The molecule has 1 aromatic carbocycles. The lowest BCUT2D eigenvalue weighted by atomic mass is 10.00. The summed E-state index contributed by atoms with van der Waals surface area (Å²) in [5.74, 6) is 0.647. The predicted molar refractivity (Wildman–Crippen MR) is 107 cm³/mol. The molecule has 8 nitrogen and oxygen atoms in total. The van der Waals surface area contributed by atoms with Crippen LogP contribution in [0.15, 0.2) is 17.0 Å². The number of amides is 1. The first kappa shape index (κ1) is 18.7. The highest BCUT2D eigenvalue weighted by atomic mass is 32.2. The number of carbonyl (C=O) groups is 1. The van der Waals surface area contributed by atoms with Crippen molar-refractivity contribution in [3.8, 4) is 0 Å². The Morgan fingerprint density at radius 1 is 1.04 bits per heavy atom. The predicted octanol–water partition coefficient (Wildman–Crippen LogP) is 1.80. The fraction of sp³-hybridized carbons (Fsp3) is 0.421. The minimum absolute atomic E-state index is 0.115. The maximum absolute atomic E-state index is 13.1. The largest absolute Gasteiger partial charge is 0.347 e. The van der Waals surface area contributed by atoms with Gasteiger partial charge in [0, 0.05) is 27.1 Å². The third-order valence-electron chi connectivity index (χ3n) is 5.23. The molecule has 0 saturated heterocycles. The molecule has 2 aromatic rings. The molecule has 0 fully saturated rings. The monoisotopic (exact) mass is 401 g/mol. The van der Waals surface area contributed by atoms with Crippen molar-refractivity contribution in [1.29, 1.82) is 0 Å². The van der Waals surface area contributed by atoms with E-state index in [0.29, 0.717) is 48.8 Å². The molecule has 1 amide bonds. The third-order valence-corrected chi connectivity index (χ3v) is 6.56. The van der Waals surface area contributed by atoms with Crippen molar-refractivity contribution in [2.24, 2.45) is 0 Å². The molecule has 0 spiro atoms. The maximum Gasteiger partial charge on any atom is 0.262 e. The first-order valence-electron chi connectivity index (χ1n) is 9.19. The average Bonchev–Trinajstić information content (AvgIpc) is 3.06. The number of hydrogen-bond donors (Lipinski definition) is 1. The van der Waals surface area contributed by atoms with E-state index >= 15 is 0 Å². The Morgan fingerprint density at radius 3 is 2.25 bits per heavy atom. The van der Waals surface area contributed by atoms with Crippen molar-refractivity contribution < 1.29 is 13.2 Å². The minimum atomic E-state index is -3.80. The average molecular weight is 401 g/mol. The second-order valence-corrected chi connectivity index (χ2v) is 9.14. The molecule has 28 heavy (non-hydrogen) atoms. The van der Waals surface area contributed by atoms with Gasteiger partial charge < -0.3 is 9.80 Å². The molecule has 4 rings (SSSR count). The van der Waals surface area contributed by atoms with Gasteiger partial charge in [0.15, 0.2) is 0 Å². The van der Waals surface area contributed by atoms with Crippen molar-refractivity contribution >= 4 is 33.3 Å². The van der Waals surface area contributed by atoms with E-state index in [0.717, 1.165) is 16.8 Å². The van der Waals surface area contributed by atoms with Gasteiger partial charge in [0.1, 0.15) is 0 Å². The smallest absolute Gasteiger partial charge is 0.262 e. The zero-order chi connectivity index (χ0) is 20.2. The second-order valence-electron chi connectivity index (χ2n) is 7.45. The van der Waals surface area contributed by atoms with E-state index in [1.807, 2.05) is 14.1 Å². The summed E-state index contributed by atoms with van der Waals surface area (Å²) in [7, 11) is -0.129. The molecule has 0 bridgehead atoms. The van der Waals surface area contributed by atoms with Gasteiger partial charge in [0.05, 0.1) is 27.7 Å². The Kier molecular flexibility index (Phi) is 4.29. The van der Waals surface area contributed by atoms with E-state index in [9.17, 15) is 13.2 Å². The van der Waals surface area contributed by atoms with Gasteiger partial charge in [-0.05, 0) is 49.9 Å². The highest BCUT2D eigenvalue weighted by molar-refractivity contribution is 7.92. The molecule has 2 aliphatic rings. The number of benzene rings is 1. The summed E-state index contributed by atoms with van der Waals surface area (Å²) in [5.41, 5.74) is 4.28. The quantitative estimate of drug-likeness (QED) is 0.839. The molecule has 2 aliphatic heterocycles. The summed E-state index contributed by atoms with van der Waals surface area (Å²) in [5, 5.41) is 0. The van der Waals surface area contributed by atoms with Crippen LogP contribution in [-0.2, 0) is 27.7 Å². The van der Waals surface area contributed by atoms with Crippen LogP contribution in [0.1, 0.15) is 28.9 Å². The molecule has 0 unspecified atom stereocenters. The molecule has 0 atom stereocenters. The number of rotatable bonds is 4. The number of sulfonamides is 1. The lowest BCUT2D eigenvalue weighted by Crippen LogP contribution is -2.33. The van der Waals surface area contributed by atoms with Crippen LogP contribution < -0.4 is 14.5 Å². The first-order chi connectivity index (χ1) is 13.2. The lowest BCUT2D eigenvalue weighted by molar-refractivity contribution is -0.118. The zero-order valence-electron chi connectivity index (χ0n) is 16.4. The molecular formula is C19H23N5O3S. The van der Waals surface area contributed by atoms with Gasteiger partial charge >= 0.3 is 0 Å². The van der Waals surface area contributed by atoms with Crippen molar-refractivity contribution in [3.63, 3.8) is 0 Å². The highest BCUT2D eigenvalue weighted by Crippen LogP contribution is 2.38. The van der Waals surface area contributed by atoms with Gasteiger partial charge in [0.25, 0.3) is 10.0 Å². The van der Waals surface area contributed by atoms with Gasteiger partial charge in [-0.2, -0.15) is 0 Å². The molecule has 1 N–H and O–H groups in total. The van der Waals surface area contributed by atoms with E-state index in [1.54, 1.807) is 35.8 Å². The van der Waals surface area contributed by atoms with Crippen LogP contribution in [0.5, 0.6) is 0 Å². The molecule has 148 valence electrons. The van der Waals surface area contributed by atoms with Gasteiger partial charge in [-0.25, -0.2) is 18.4 Å². The van der Waals surface area contributed by atoms with Crippen LogP contribution in [0, 0.1) is 13.8 Å². The van der Waals surface area contributed by atoms with Crippen LogP contribution in [0.4, 0.5) is 17.3 Å². The van der Waals surface area contributed by atoms with Crippen LogP contribution in [0.2, 0.25) is 0 Å². The Hall–Kier alpha value is -2.68. The van der Waals surface area contributed by atoms with Crippen LogP contribution in [0.3, 0.4) is 0 Å². The van der Waals surface area contributed by atoms with Crippen molar-refractivity contribution in [3.05, 3.63) is 34.6 Å². The summed E-state index contributed by atoms with van der Waals surface area (Å²) in [4.78, 5) is 24.6. The van der Waals surface area contributed by atoms with E-state index in [-0.39, 0.29) is 10.8 Å². The number of anilines is 3. The molecular weight excluding hydrogens is 378 g/mol. The topological polar surface area (TPSA) is 95.5 Å². The number of carbonyl (C=O) groups excluding carboxylic acids is 1. The number of aryl methyl sites for hydroxylation is 3. The Bertz CT molecular complexity index is 1070. The third kappa shape index (κ3) is 2.99. The minimum Gasteiger partial charge on any atom is -0.347 e. The van der Waals surface area contributed by atoms with Gasteiger partial charge in [-0.1, -0.05) is 0 Å². The molecule has 9 heteroatoms.